The van der Waals surface area contributed by atoms with Gasteiger partial charge in [-0.15, -0.1) is 0 Å². The van der Waals surface area contributed by atoms with Gasteiger partial charge < -0.3 is 10.6 Å². The molecule has 8 heteroatoms. The fourth-order valence-corrected chi connectivity index (χ4v) is 3.03. The van der Waals surface area contributed by atoms with E-state index in [1.54, 1.807) is 16.8 Å². The van der Waals surface area contributed by atoms with E-state index >= 15 is 0 Å². The molecule has 3 aromatic rings. The molecule has 7 nitrogen and oxygen atoms in total. The predicted octanol–water partition coefficient (Wildman–Crippen LogP) is 1.35. The number of nitrogens with one attached hydrogen (secondary N) is 3. The summed E-state index contributed by atoms with van der Waals surface area (Å²) in [6, 6.07) is 8.02. The smallest absolute Gasteiger partial charge is 0.272 e. The van der Waals surface area contributed by atoms with Crippen molar-refractivity contribution in [3.63, 3.8) is 0 Å². The number of H-pyrrole nitrogens is 1. The molecule has 0 spiro atoms. The Morgan fingerprint density at radius 3 is 2.96 bits per heavy atom. The fraction of sp³-hybridized carbons (Fsp3) is 0.278. The van der Waals surface area contributed by atoms with Crippen LogP contribution in [0, 0.1) is 5.82 Å². The summed E-state index contributed by atoms with van der Waals surface area (Å²) in [6.45, 7) is 2.03. The third kappa shape index (κ3) is 3.36. The van der Waals surface area contributed by atoms with E-state index in [1.807, 2.05) is 12.3 Å². The molecule has 26 heavy (non-hydrogen) atoms. The minimum atomic E-state index is -0.278. The van der Waals surface area contributed by atoms with Crippen molar-refractivity contribution in [1.29, 1.82) is 0 Å². The third-order valence-corrected chi connectivity index (χ3v) is 4.42. The number of fused-ring (bicyclic) bond motifs is 1. The Bertz CT molecular complexity index is 914. The summed E-state index contributed by atoms with van der Waals surface area (Å²) in [5, 5.41) is 17.7. The van der Waals surface area contributed by atoms with Gasteiger partial charge in [-0.2, -0.15) is 10.2 Å². The van der Waals surface area contributed by atoms with Gasteiger partial charge in [0.15, 0.2) is 5.69 Å². The standard InChI is InChI=1S/C18H19FN6O/c19-12-1-3-14(4-2-12)25-10-7-13(24-25)5-9-21-18(26)17-15-11-20-8-6-16(15)22-23-17/h1-4,7,10,20H,5-6,8-9,11H2,(H,21,26)(H,22,23). The first-order valence-electron chi connectivity index (χ1n) is 8.56. The molecule has 0 bridgehead atoms. The van der Waals surface area contributed by atoms with Gasteiger partial charge in [-0.25, -0.2) is 9.07 Å². The van der Waals surface area contributed by atoms with Gasteiger partial charge in [0.2, 0.25) is 0 Å². The topological polar surface area (TPSA) is 87.6 Å². The maximum Gasteiger partial charge on any atom is 0.272 e. The van der Waals surface area contributed by atoms with Crippen molar-refractivity contribution in [3.05, 3.63) is 65.0 Å². The largest absolute Gasteiger partial charge is 0.350 e. The molecule has 0 atom stereocenters. The number of benzene rings is 1. The zero-order valence-corrected chi connectivity index (χ0v) is 14.1. The van der Waals surface area contributed by atoms with Crippen LogP contribution in [-0.4, -0.2) is 39.0 Å². The first kappa shape index (κ1) is 16.5. The van der Waals surface area contributed by atoms with Gasteiger partial charge in [-0.1, -0.05) is 0 Å². The van der Waals surface area contributed by atoms with Crippen molar-refractivity contribution >= 4 is 5.91 Å². The van der Waals surface area contributed by atoms with E-state index in [2.05, 4.69) is 25.9 Å². The highest BCUT2D eigenvalue weighted by Gasteiger charge is 2.21. The molecule has 1 aliphatic rings. The number of hydrogen-bond acceptors (Lipinski definition) is 4. The number of nitrogens with zero attached hydrogens (tertiary/aromatic N) is 3. The van der Waals surface area contributed by atoms with Crippen LogP contribution in [0.2, 0.25) is 0 Å². The summed E-state index contributed by atoms with van der Waals surface area (Å²) in [5.41, 5.74) is 4.09. The minimum absolute atomic E-state index is 0.177. The number of aromatic nitrogens is 4. The van der Waals surface area contributed by atoms with Gasteiger partial charge in [0, 0.05) is 49.9 Å². The van der Waals surface area contributed by atoms with Gasteiger partial charge in [0.1, 0.15) is 5.82 Å². The molecular formula is C18H19FN6O. The number of carbonyl (C=O) groups is 1. The molecule has 134 valence electrons. The first-order valence-corrected chi connectivity index (χ1v) is 8.56. The van der Waals surface area contributed by atoms with E-state index in [4.69, 9.17) is 0 Å². The van der Waals surface area contributed by atoms with Gasteiger partial charge in [0.05, 0.1) is 11.4 Å². The van der Waals surface area contributed by atoms with E-state index in [0.717, 1.165) is 35.6 Å². The predicted molar refractivity (Wildman–Crippen MR) is 93.6 cm³/mol. The molecule has 0 saturated heterocycles. The second kappa shape index (κ2) is 7.09. The van der Waals surface area contributed by atoms with E-state index in [-0.39, 0.29) is 11.7 Å². The number of carbonyl (C=O) groups excluding carboxylic acids is 1. The normalized spacial score (nSPS) is 13.4. The van der Waals surface area contributed by atoms with Crippen molar-refractivity contribution in [2.24, 2.45) is 0 Å². The molecule has 0 saturated carbocycles. The van der Waals surface area contributed by atoms with Gasteiger partial charge in [0.25, 0.3) is 5.91 Å². The number of halogens is 1. The van der Waals surface area contributed by atoms with Crippen LogP contribution >= 0.6 is 0 Å². The summed E-state index contributed by atoms with van der Waals surface area (Å²) in [6.07, 6.45) is 3.28. The highest BCUT2D eigenvalue weighted by molar-refractivity contribution is 5.94. The monoisotopic (exact) mass is 354 g/mol. The minimum Gasteiger partial charge on any atom is -0.350 e. The Balaban J connectivity index is 1.34. The molecule has 0 radical (unpaired) electrons. The Kier molecular flexibility index (Phi) is 4.49. The third-order valence-electron chi connectivity index (χ3n) is 4.42. The number of hydrogen-bond donors (Lipinski definition) is 3. The summed E-state index contributed by atoms with van der Waals surface area (Å²) in [7, 11) is 0. The maximum atomic E-state index is 13.0. The quantitative estimate of drug-likeness (QED) is 0.645. The molecule has 1 aliphatic heterocycles. The van der Waals surface area contributed by atoms with E-state index < -0.39 is 0 Å². The molecule has 2 aromatic heterocycles. The SMILES string of the molecule is O=C(NCCc1ccn(-c2ccc(F)cc2)n1)c1n[nH]c2c1CNCC2. The lowest BCUT2D eigenvalue weighted by atomic mass is 10.1. The Morgan fingerprint density at radius 2 is 2.12 bits per heavy atom. The molecule has 0 aliphatic carbocycles. The lowest BCUT2D eigenvalue weighted by molar-refractivity contribution is 0.0948. The summed E-state index contributed by atoms with van der Waals surface area (Å²) in [4.78, 5) is 12.3. The van der Waals surface area contributed by atoms with Crippen molar-refractivity contribution < 1.29 is 9.18 Å². The van der Waals surface area contributed by atoms with Crippen LogP contribution in [-0.2, 0) is 19.4 Å². The lowest BCUT2D eigenvalue weighted by Crippen LogP contribution is -2.29. The molecule has 1 amide bonds. The molecular weight excluding hydrogens is 335 g/mol. The fourth-order valence-electron chi connectivity index (χ4n) is 3.03. The van der Waals surface area contributed by atoms with E-state index in [9.17, 15) is 9.18 Å². The summed E-state index contributed by atoms with van der Waals surface area (Å²) >= 11 is 0. The van der Waals surface area contributed by atoms with Gasteiger partial charge in [-0.3, -0.25) is 9.89 Å². The molecule has 1 aromatic carbocycles. The van der Waals surface area contributed by atoms with Crippen molar-refractivity contribution in [1.82, 2.24) is 30.6 Å². The summed E-state index contributed by atoms with van der Waals surface area (Å²) < 4.78 is 14.7. The highest BCUT2D eigenvalue weighted by Crippen LogP contribution is 2.15. The molecule has 0 unspecified atom stereocenters. The van der Waals surface area contributed by atoms with Crippen LogP contribution < -0.4 is 10.6 Å². The van der Waals surface area contributed by atoms with Gasteiger partial charge in [-0.05, 0) is 30.3 Å². The van der Waals surface area contributed by atoms with Gasteiger partial charge >= 0.3 is 0 Å². The Morgan fingerprint density at radius 1 is 1.27 bits per heavy atom. The average molecular weight is 354 g/mol. The number of rotatable bonds is 5. The maximum absolute atomic E-state index is 13.0. The summed E-state index contributed by atoms with van der Waals surface area (Å²) in [5.74, 6) is -0.455. The molecule has 0 fully saturated rings. The van der Waals surface area contributed by atoms with Crippen molar-refractivity contribution in [2.75, 3.05) is 13.1 Å². The highest BCUT2D eigenvalue weighted by atomic mass is 19.1. The molecule has 3 N–H and O–H groups in total. The molecule has 3 heterocycles. The zero-order valence-electron chi connectivity index (χ0n) is 14.1. The molecule has 4 rings (SSSR count). The first-order chi connectivity index (χ1) is 12.7. The number of amides is 1. The van der Waals surface area contributed by atoms with Crippen molar-refractivity contribution in [3.8, 4) is 5.69 Å². The van der Waals surface area contributed by atoms with Crippen LogP contribution in [0.4, 0.5) is 4.39 Å². The zero-order chi connectivity index (χ0) is 17.9. The Labute approximate surface area is 149 Å². The number of aromatic amines is 1. The second-order valence-corrected chi connectivity index (χ2v) is 6.19. The van der Waals surface area contributed by atoms with Crippen LogP contribution in [0.3, 0.4) is 0 Å². The Hall–Kier alpha value is -3.00. The van der Waals surface area contributed by atoms with E-state index in [1.165, 1.54) is 12.1 Å². The van der Waals surface area contributed by atoms with E-state index in [0.29, 0.717) is 25.2 Å². The van der Waals surface area contributed by atoms with Crippen molar-refractivity contribution in [2.45, 2.75) is 19.4 Å². The lowest BCUT2D eigenvalue weighted by Gasteiger charge is -2.12. The van der Waals surface area contributed by atoms with Crippen LogP contribution in [0.5, 0.6) is 0 Å². The average Bonchev–Trinajstić information content (AvgIpc) is 3.29. The second-order valence-electron chi connectivity index (χ2n) is 6.19. The van der Waals surface area contributed by atoms with Crippen LogP contribution in [0.1, 0.15) is 27.4 Å². The van der Waals surface area contributed by atoms with Crippen LogP contribution in [0.25, 0.3) is 5.69 Å². The van der Waals surface area contributed by atoms with Crippen LogP contribution in [0.15, 0.2) is 36.5 Å².